The highest BCUT2D eigenvalue weighted by molar-refractivity contribution is 6.04. The number of ether oxygens (including phenoxy) is 2. The van der Waals surface area contributed by atoms with E-state index in [2.05, 4.69) is 18.0 Å². The molecule has 3 aromatic carbocycles. The van der Waals surface area contributed by atoms with E-state index in [-0.39, 0.29) is 5.91 Å². The molecule has 0 unspecified atom stereocenters. The molecule has 0 radical (unpaired) electrons. The molecule has 0 bridgehead atoms. The lowest BCUT2D eigenvalue weighted by Gasteiger charge is -2.09. The number of nitrogens with zero attached hydrogens (tertiary/aromatic N) is 1. The topological polar surface area (TPSA) is 71.3 Å². The van der Waals surface area contributed by atoms with Crippen LogP contribution in [-0.2, 0) is 4.74 Å². The van der Waals surface area contributed by atoms with E-state index in [1.165, 1.54) is 0 Å². The number of nitrogens with one attached hydrogen (secondary N) is 1. The van der Waals surface area contributed by atoms with Gasteiger partial charge in [-0.1, -0.05) is 42.8 Å². The SMILES string of the molecule is C=C(C)COCCCCCCOc1ccc(C(=O)Nc2ccc(-c3ccc(C#N)cc3)cc2)cc1. The van der Waals surface area contributed by atoms with Gasteiger partial charge < -0.3 is 14.8 Å². The largest absolute Gasteiger partial charge is 0.494 e. The van der Waals surface area contributed by atoms with E-state index >= 15 is 0 Å². The van der Waals surface area contributed by atoms with E-state index in [0.717, 1.165) is 60.4 Å². The first kappa shape index (κ1) is 25.7. The monoisotopic (exact) mass is 468 g/mol. The van der Waals surface area contributed by atoms with Crippen molar-refractivity contribution in [3.05, 3.63) is 96.1 Å². The minimum atomic E-state index is -0.170. The maximum Gasteiger partial charge on any atom is 0.255 e. The maximum absolute atomic E-state index is 12.6. The summed E-state index contributed by atoms with van der Waals surface area (Å²) in [6.07, 6.45) is 4.25. The summed E-state index contributed by atoms with van der Waals surface area (Å²) in [4.78, 5) is 12.6. The van der Waals surface area contributed by atoms with Crippen molar-refractivity contribution in [1.82, 2.24) is 0 Å². The second-order valence-corrected chi connectivity index (χ2v) is 8.52. The number of carbonyl (C=O) groups excluding carboxylic acids is 1. The Bertz CT molecular complexity index is 1130. The molecule has 3 aromatic rings. The Labute approximate surface area is 208 Å². The first-order valence-electron chi connectivity index (χ1n) is 11.9. The predicted octanol–water partition coefficient (Wildman–Crippen LogP) is 7.01. The van der Waals surface area contributed by atoms with Crippen LogP contribution >= 0.6 is 0 Å². The number of hydrogen-bond acceptors (Lipinski definition) is 4. The molecule has 0 spiro atoms. The number of nitriles is 1. The molecular formula is C30H32N2O3. The standard InChI is InChI=1S/C30H32N2O3/c1-23(2)22-34-19-5-3-4-6-20-35-29-17-13-27(14-18-29)30(33)32-28-15-11-26(12-16-28)25-9-7-24(21-31)8-10-25/h7-18H,1,3-6,19-20,22H2,2H3,(H,32,33). The zero-order valence-electron chi connectivity index (χ0n) is 20.3. The predicted molar refractivity (Wildman–Crippen MR) is 141 cm³/mol. The van der Waals surface area contributed by atoms with Gasteiger partial charge in [0.15, 0.2) is 0 Å². The maximum atomic E-state index is 12.6. The fourth-order valence-electron chi connectivity index (χ4n) is 3.49. The second kappa shape index (κ2) is 13.7. The van der Waals surface area contributed by atoms with Crippen molar-refractivity contribution in [2.24, 2.45) is 0 Å². The van der Waals surface area contributed by atoms with Crippen LogP contribution in [0.25, 0.3) is 11.1 Å². The number of carbonyl (C=O) groups is 1. The molecule has 0 saturated heterocycles. The Balaban J connectivity index is 1.38. The number of rotatable bonds is 13. The van der Waals surface area contributed by atoms with Crippen LogP contribution in [0.5, 0.6) is 5.75 Å². The molecule has 35 heavy (non-hydrogen) atoms. The molecule has 3 rings (SSSR count). The summed E-state index contributed by atoms with van der Waals surface area (Å²) in [6, 6.07) is 24.4. The lowest BCUT2D eigenvalue weighted by molar-refractivity contribution is 0.102. The highest BCUT2D eigenvalue weighted by atomic mass is 16.5. The molecule has 0 heterocycles. The lowest BCUT2D eigenvalue weighted by Crippen LogP contribution is -2.11. The Morgan fingerprint density at radius 2 is 1.46 bits per heavy atom. The molecule has 0 aliphatic heterocycles. The molecule has 0 saturated carbocycles. The smallest absolute Gasteiger partial charge is 0.255 e. The van der Waals surface area contributed by atoms with Gasteiger partial charge in [-0.25, -0.2) is 0 Å². The van der Waals surface area contributed by atoms with Gasteiger partial charge in [-0.15, -0.1) is 0 Å². The Kier molecular flexibility index (Phi) is 10.1. The summed E-state index contributed by atoms with van der Waals surface area (Å²) in [6.45, 7) is 7.86. The Morgan fingerprint density at radius 3 is 2.06 bits per heavy atom. The van der Waals surface area contributed by atoms with E-state index < -0.39 is 0 Å². The zero-order valence-corrected chi connectivity index (χ0v) is 20.3. The van der Waals surface area contributed by atoms with Crippen LogP contribution in [0, 0.1) is 11.3 Å². The van der Waals surface area contributed by atoms with Crippen LogP contribution in [0.3, 0.4) is 0 Å². The molecule has 0 aliphatic carbocycles. The van der Waals surface area contributed by atoms with Gasteiger partial charge in [-0.05, 0) is 85.8 Å². The van der Waals surface area contributed by atoms with Crippen molar-refractivity contribution in [1.29, 1.82) is 5.26 Å². The third-order valence-electron chi connectivity index (χ3n) is 5.41. The van der Waals surface area contributed by atoms with Crippen molar-refractivity contribution >= 4 is 11.6 Å². The van der Waals surface area contributed by atoms with Crippen LogP contribution in [-0.4, -0.2) is 25.7 Å². The zero-order chi connectivity index (χ0) is 24.9. The molecule has 180 valence electrons. The van der Waals surface area contributed by atoms with Crippen LogP contribution in [0.2, 0.25) is 0 Å². The van der Waals surface area contributed by atoms with Crippen molar-refractivity contribution in [3.8, 4) is 22.9 Å². The molecule has 5 nitrogen and oxygen atoms in total. The number of benzene rings is 3. The highest BCUT2D eigenvalue weighted by Gasteiger charge is 2.07. The van der Waals surface area contributed by atoms with Gasteiger partial charge in [0.1, 0.15) is 5.75 Å². The van der Waals surface area contributed by atoms with E-state index in [4.69, 9.17) is 14.7 Å². The van der Waals surface area contributed by atoms with Gasteiger partial charge in [-0.2, -0.15) is 5.26 Å². The number of hydrogen-bond donors (Lipinski definition) is 1. The molecule has 0 aromatic heterocycles. The fraction of sp³-hybridized carbons (Fsp3) is 0.267. The van der Waals surface area contributed by atoms with Crippen LogP contribution in [0.4, 0.5) is 5.69 Å². The Morgan fingerprint density at radius 1 is 0.857 bits per heavy atom. The third-order valence-corrected chi connectivity index (χ3v) is 5.41. The minimum absolute atomic E-state index is 0.170. The molecule has 0 fully saturated rings. The van der Waals surface area contributed by atoms with Crippen LogP contribution in [0.1, 0.15) is 48.5 Å². The van der Waals surface area contributed by atoms with Crippen LogP contribution in [0.15, 0.2) is 84.9 Å². The van der Waals surface area contributed by atoms with Gasteiger partial charge in [0.25, 0.3) is 5.91 Å². The molecular weight excluding hydrogens is 436 g/mol. The lowest BCUT2D eigenvalue weighted by atomic mass is 10.0. The van der Waals surface area contributed by atoms with Gasteiger partial charge in [0.05, 0.1) is 24.8 Å². The highest BCUT2D eigenvalue weighted by Crippen LogP contribution is 2.22. The molecule has 0 aliphatic rings. The quantitative estimate of drug-likeness (QED) is 0.216. The minimum Gasteiger partial charge on any atom is -0.494 e. The summed E-state index contributed by atoms with van der Waals surface area (Å²) in [7, 11) is 0. The summed E-state index contributed by atoms with van der Waals surface area (Å²) in [5.74, 6) is 0.592. The average Bonchev–Trinajstić information content (AvgIpc) is 2.88. The first-order chi connectivity index (χ1) is 17.0. The van der Waals surface area contributed by atoms with Crippen molar-refractivity contribution in [2.45, 2.75) is 32.6 Å². The van der Waals surface area contributed by atoms with Gasteiger partial charge in [0.2, 0.25) is 0 Å². The summed E-state index contributed by atoms with van der Waals surface area (Å²) < 4.78 is 11.3. The van der Waals surface area contributed by atoms with Crippen molar-refractivity contribution in [2.75, 3.05) is 25.1 Å². The first-order valence-corrected chi connectivity index (χ1v) is 11.9. The summed E-state index contributed by atoms with van der Waals surface area (Å²) >= 11 is 0. The van der Waals surface area contributed by atoms with Crippen LogP contribution < -0.4 is 10.1 Å². The normalized spacial score (nSPS) is 10.4. The summed E-state index contributed by atoms with van der Waals surface area (Å²) in [5, 5.41) is 11.8. The van der Waals surface area contributed by atoms with Gasteiger partial charge >= 0.3 is 0 Å². The molecule has 1 N–H and O–H groups in total. The van der Waals surface area contributed by atoms with Crippen molar-refractivity contribution < 1.29 is 14.3 Å². The average molecular weight is 469 g/mol. The molecule has 1 amide bonds. The van der Waals surface area contributed by atoms with Gasteiger partial charge in [-0.3, -0.25) is 4.79 Å². The molecule has 0 atom stereocenters. The van der Waals surface area contributed by atoms with Gasteiger partial charge in [0, 0.05) is 17.9 Å². The third kappa shape index (κ3) is 8.77. The van der Waals surface area contributed by atoms with E-state index in [1.807, 2.05) is 55.5 Å². The number of amides is 1. The van der Waals surface area contributed by atoms with E-state index in [9.17, 15) is 4.79 Å². The summed E-state index contributed by atoms with van der Waals surface area (Å²) in [5.41, 5.74) is 5.01. The van der Waals surface area contributed by atoms with Crippen molar-refractivity contribution in [3.63, 3.8) is 0 Å². The second-order valence-electron chi connectivity index (χ2n) is 8.52. The number of anilines is 1. The molecule has 5 heteroatoms. The van der Waals surface area contributed by atoms with E-state index in [0.29, 0.717) is 24.3 Å². The fourth-order valence-corrected chi connectivity index (χ4v) is 3.49. The Hall–Kier alpha value is -3.88. The number of unbranched alkanes of at least 4 members (excludes halogenated alkanes) is 3. The van der Waals surface area contributed by atoms with E-state index in [1.54, 1.807) is 24.3 Å².